The molecule has 2 aliphatic carbocycles. The van der Waals surface area contributed by atoms with Crippen molar-refractivity contribution >= 4 is 10.9 Å². The molecule has 4 atom stereocenters. The Morgan fingerprint density at radius 1 is 1.30 bits per heavy atom. The molecule has 2 N–H and O–H groups in total. The lowest BCUT2D eigenvalue weighted by molar-refractivity contribution is 0.294. The Morgan fingerprint density at radius 2 is 2.15 bits per heavy atom. The molecule has 3 heteroatoms. The van der Waals surface area contributed by atoms with E-state index in [9.17, 15) is 0 Å². The van der Waals surface area contributed by atoms with Gasteiger partial charge < -0.3 is 5.73 Å². The number of hydrogen-bond acceptors (Lipinski definition) is 2. The second-order valence-corrected chi connectivity index (χ2v) is 6.80. The second kappa shape index (κ2) is 4.59. The van der Waals surface area contributed by atoms with Crippen LogP contribution in [0.25, 0.3) is 10.9 Å². The number of hydrogen-bond donors (Lipinski definition) is 1. The third-order valence-electron chi connectivity index (χ3n) is 5.58. The van der Waals surface area contributed by atoms with Crippen LogP contribution in [0, 0.1) is 17.8 Å². The van der Waals surface area contributed by atoms with Crippen LogP contribution in [0.4, 0.5) is 0 Å². The Bertz CT molecular complexity index is 630. The summed E-state index contributed by atoms with van der Waals surface area (Å²) in [6.45, 7) is 0. The predicted molar refractivity (Wildman–Crippen MR) is 81.2 cm³/mol. The Labute approximate surface area is 120 Å². The zero-order valence-electron chi connectivity index (χ0n) is 12.1. The lowest BCUT2D eigenvalue weighted by Gasteiger charge is -2.24. The SMILES string of the molecule is Cn1nc(C(N)CC2CC3CCC2C3)c2ccccc21. The highest BCUT2D eigenvalue weighted by Crippen LogP contribution is 2.50. The molecule has 2 aliphatic rings. The molecule has 2 aromatic rings. The number of aromatic nitrogens is 2. The first-order valence-corrected chi connectivity index (χ1v) is 7.89. The number of nitrogens with zero attached hydrogens (tertiary/aromatic N) is 2. The topological polar surface area (TPSA) is 43.8 Å². The highest BCUT2D eigenvalue weighted by atomic mass is 15.3. The van der Waals surface area contributed by atoms with Gasteiger partial charge in [-0.15, -0.1) is 0 Å². The predicted octanol–water partition coefficient (Wildman–Crippen LogP) is 3.40. The summed E-state index contributed by atoms with van der Waals surface area (Å²) in [5.74, 6) is 2.78. The van der Waals surface area contributed by atoms with E-state index < -0.39 is 0 Å². The zero-order valence-corrected chi connectivity index (χ0v) is 12.1. The molecule has 3 nitrogen and oxygen atoms in total. The monoisotopic (exact) mass is 269 g/mol. The molecular weight excluding hydrogens is 246 g/mol. The first-order chi connectivity index (χ1) is 9.72. The van der Waals surface area contributed by atoms with Gasteiger partial charge in [0.05, 0.1) is 11.2 Å². The van der Waals surface area contributed by atoms with Crippen molar-refractivity contribution in [1.29, 1.82) is 0 Å². The summed E-state index contributed by atoms with van der Waals surface area (Å²) in [7, 11) is 2.01. The maximum Gasteiger partial charge on any atom is 0.0870 e. The Kier molecular flexibility index (Phi) is 2.84. The molecule has 2 fully saturated rings. The molecule has 0 radical (unpaired) electrons. The summed E-state index contributed by atoms with van der Waals surface area (Å²) < 4.78 is 1.96. The molecule has 0 aliphatic heterocycles. The van der Waals surface area contributed by atoms with Gasteiger partial charge in [0.25, 0.3) is 0 Å². The Hall–Kier alpha value is -1.35. The van der Waals surface area contributed by atoms with Gasteiger partial charge in [0.15, 0.2) is 0 Å². The minimum absolute atomic E-state index is 0.0884. The molecule has 0 spiro atoms. The van der Waals surface area contributed by atoms with Crippen molar-refractivity contribution in [3.63, 3.8) is 0 Å². The van der Waals surface area contributed by atoms with Crippen molar-refractivity contribution in [3.05, 3.63) is 30.0 Å². The van der Waals surface area contributed by atoms with E-state index in [2.05, 4.69) is 29.4 Å². The minimum atomic E-state index is 0.0884. The van der Waals surface area contributed by atoms with E-state index in [1.54, 1.807) is 0 Å². The number of benzene rings is 1. The van der Waals surface area contributed by atoms with Crippen LogP contribution in [0.5, 0.6) is 0 Å². The molecule has 4 rings (SSSR count). The van der Waals surface area contributed by atoms with E-state index in [1.165, 1.54) is 36.6 Å². The maximum absolute atomic E-state index is 6.51. The average Bonchev–Trinajstić information content (AvgIpc) is 3.14. The summed E-state index contributed by atoms with van der Waals surface area (Å²) in [6.07, 6.45) is 6.87. The van der Waals surface area contributed by atoms with E-state index >= 15 is 0 Å². The van der Waals surface area contributed by atoms with Crippen molar-refractivity contribution in [2.45, 2.75) is 38.1 Å². The standard InChI is InChI=1S/C17H23N3/c1-20-16-5-3-2-4-14(16)17(19-20)15(18)10-13-9-11-6-7-12(13)8-11/h2-5,11-13,15H,6-10,18H2,1H3. The van der Waals surface area contributed by atoms with Crippen LogP contribution >= 0.6 is 0 Å². The van der Waals surface area contributed by atoms with Crippen molar-refractivity contribution in [3.8, 4) is 0 Å². The summed E-state index contributed by atoms with van der Waals surface area (Å²) in [5, 5.41) is 5.91. The summed E-state index contributed by atoms with van der Waals surface area (Å²) in [4.78, 5) is 0. The molecule has 1 heterocycles. The molecule has 20 heavy (non-hydrogen) atoms. The fourth-order valence-electron chi connectivity index (χ4n) is 4.62. The zero-order chi connectivity index (χ0) is 13.7. The smallest absolute Gasteiger partial charge is 0.0870 e. The summed E-state index contributed by atoms with van der Waals surface area (Å²) >= 11 is 0. The highest BCUT2D eigenvalue weighted by Gasteiger charge is 2.40. The molecular formula is C17H23N3. The molecule has 0 saturated heterocycles. The van der Waals surface area contributed by atoms with Crippen molar-refractivity contribution in [2.24, 2.45) is 30.5 Å². The third kappa shape index (κ3) is 1.87. The van der Waals surface area contributed by atoms with Crippen LogP contribution in [-0.2, 0) is 7.05 Å². The number of rotatable bonds is 3. The summed E-state index contributed by atoms with van der Waals surface area (Å²) in [5.41, 5.74) is 8.78. The first kappa shape index (κ1) is 12.4. The molecule has 2 bridgehead atoms. The van der Waals surface area contributed by atoms with Crippen LogP contribution in [0.2, 0.25) is 0 Å². The van der Waals surface area contributed by atoms with Crippen LogP contribution in [-0.4, -0.2) is 9.78 Å². The number of aryl methyl sites for hydroxylation is 1. The average molecular weight is 269 g/mol. The highest BCUT2D eigenvalue weighted by molar-refractivity contribution is 5.82. The lowest BCUT2D eigenvalue weighted by atomic mass is 9.83. The van der Waals surface area contributed by atoms with Gasteiger partial charge in [-0.2, -0.15) is 5.10 Å². The maximum atomic E-state index is 6.51. The number of fused-ring (bicyclic) bond motifs is 3. The van der Waals surface area contributed by atoms with Crippen molar-refractivity contribution < 1.29 is 0 Å². The van der Waals surface area contributed by atoms with Crippen LogP contribution in [0.1, 0.15) is 43.8 Å². The molecule has 1 aromatic carbocycles. The molecule has 0 amide bonds. The van der Waals surface area contributed by atoms with E-state index in [4.69, 9.17) is 5.73 Å². The summed E-state index contributed by atoms with van der Waals surface area (Å²) in [6, 6.07) is 8.51. The minimum Gasteiger partial charge on any atom is -0.323 e. The third-order valence-corrected chi connectivity index (χ3v) is 5.58. The van der Waals surface area contributed by atoms with E-state index in [1.807, 2.05) is 11.7 Å². The number of nitrogens with two attached hydrogens (primary N) is 1. The molecule has 106 valence electrons. The van der Waals surface area contributed by atoms with Gasteiger partial charge in [-0.25, -0.2) is 0 Å². The van der Waals surface area contributed by atoms with Gasteiger partial charge in [-0.05, 0) is 49.5 Å². The Morgan fingerprint density at radius 3 is 2.90 bits per heavy atom. The lowest BCUT2D eigenvalue weighted by Crippen LogP contribution is -2.20. The van der Waals surface area contributed by atoms with Crippen LogP contribution in [0.3, 0.4) is 0 Å². The molecule has 1 aromatic heterocycles. The normalized spacial score (nSPS) is 30.2. The fourth-order valence-corrected chi connectivity index (χ4v) is 4.62. The largest absolute Gasteiger partial charge is 0.323 e. The van der Waals surface area contributed by atoms with Gasteiger partial charge in [-0.3, -0.25) is 4.68 Å². The van der Waals surface area contributed by atoms with Gasteiger partial charge in [-0.1, -0.05) is 24.6 Å². The van der Waals surface area contributed by atoms with E-state index in [0.29, 0.717) is 0 Å². The van der Waals surface area contributed by atoms with Gasteiger partial charge in [0.2, 0.25) is 0 Å². The van der Waals surface area contributed by atoms with Crippen molar-refractivity contribution in [2.75, 3.05) is 0 Å². The Balaban J connectivity index is 1.59. The van der Waals surface area contributed by atoms with Gasteiger partial charge in [0.1, 0.15) is 0 Å². The van der Waals surface area contributed by atoms with Crippen LogP contribution < -0.4 is 5.73 Å². The molecule has 4 unspecified atom stereocenters. The van der Waals surface area contributed by atoms with Gasteiger partial charge >= 0.3 is 0 Å². The van der Waals surface area contributed by atoms with Gasteiger partial charge in [0, 0.05) is 18.5 Å². The van der Waals surface area contributed by atoms with E-state index in [0.717, 1.165) is 29.9 Å². The van der Waals surface area contributed by atoms with Crippen LogP contribution in [0.15, 0.2) is 24.3 Å². The van der Waals surface area contributed by atoms with Crippen molar-refractivity contribution in [1.82, 2.24) is 9.78 Å². The van der Waals surface area contributed by atoms with E-state index in [-0.39, 0.29) is 6.04 Å². The first-order valence-electron chi connectivity index (χ1n) is 7.89. The molecule has 2 saturated carbocycles. The fraction of sp³-hybridized carbons (Fsp3) is 0.588. The number of para-hydroxylation sites is 1. The second-order valence-electron chi connectivity index (χ2n) is 6.80. The quantitative estimate of drug-likeness (QED) is 0.928.